The molecule has 2 aromatic carbocycles. The van der Waals surface area contributed by atoms with Crippen LogP contribution in [0.4, 0.5) is 0 Å². The van der Waals surface area contributed by atoms with Gasteiger partial charge in [0.05, 0.1) is 49.3 Å². The lowest BCUT2D eigenvalue weighted by Crippen LogP contribution is -2.40. The van der Waals surface area contributed by atoms with Crippen molar-refractivity contribution in [3.8, 4) is 17.2 Å². The Balaban J connectivity index is 1.93. The Hall–Kier alpha value is -3.85. The number of hydrogen-bond acceptors (Lipinski definition) is 8. The minimum absolute atomic E-state index is 0.264. The predicted octanol–water partition coefficient (Wildman–Crippen LogP) is 3.21. The van der Waals surface area contributed by atoms with Crippen molar-refractivity contribution in [2.24, 2.45) is 4.99 Å². The van der Waals surface area contributed by atoms with Crippen LogP contribution in [0.5, 0.6) is 17.2 Å². The predicted molar refractivity (Wildman–Crippen MR) is 138 cm³/mol. The minimum Gasteiger partial charge on any atom is -0.497 e. The van der Waals surface area contributed by atoms with E-state index in [0.717, 1.165) is 11.1 Å². The van der Waals surface area contributed by atoms with E-state index in [1.807, 2.05) is 18.2 Å². The van der Waals surface area contributed by atoms with Gasteiger partial charge in [-0.1, -0.05) is 23.5 Å². The van der Waals surface area contributed by atoms with E-state index >= 15 is 0 Å². The molecular weight excluding hydrogens is 480 g/mol. The molecule has 0 N–H and O–H groups in total. The number of ether oxygens (including phenoxy) is 4. The van der Waals surface area contributed by atoms with Gasteiger partial charge in [0, 0.05) is 11.6 Å². The average Bonchev–Trinajstić information content (AvgIpc) is 3.17. The van der Waals surface area contributed by atoms with Crippen molar-refractivity contribution in [2.75, 3.05) is 21.3 Å². The molecule has 4 rings (SSSR count). The van der Waals surface area contributed by atoms with E-state index in [0.29, 0.717) is 37.9 Å². The largest absolute Gasteiger partial charge is 0.497 e. The van der Waals surface area contributed by atoms with Crippen molar-refractivity contribution in [2.45, 2.75) is 32.9 Å². The van der Waals surface area contributed by atoms with Gasteiger partial charge in [0.1, 0.15) is 17.2 Å². The Bertz CT molecular complexity index is 1500. The van der Waals surface area contributed by atoms with Crippen LogP contribution in [-0.4, -0.2) is 38.0 Å². The molecule has 1 atom stereocenters. The summed E-state index contributed by atoms with van der Waals surface area (Å²) in [7, 11) is 4.73. The van der Waals surface area contributed by atoms with Crippen molar-refractivity contribution >= 4 is 23.4 Å². The highest BCUT2D eigenvalue weighted by molar-refractivity contribution is 7.07. The van der Waals surface area contributed by atoms with E-state index < -0.39 is 12.0 Å². The summed E-state index contributed by atoms with van der Waals surface area (Å²) in [5.74, 6) is 1.39. The second-order valence-electron chi connectivity index (χ2n) is 8.42. The lowest BCUT2D eigenvalue weighted by atomic mass is 9.96. The van der Waals surface area contributed by atoms with Crippen LogP contribution in [0.15, 0.2) is 63.5 Å². The first kappa shape index (κ1) is 25.2. The molecule has 1 unspecified atom stereocenters. The lowest BCUT2D eigenvalue weighted by molar-refractivity contribution is -0.143. The van der Waals surface area contributed by atoms with Gasteiger partial charge in [-0.2, -0.15) is 0 Å². The van der Waals surface area contributed by atoms with E-state index in [1.54, 1.807) is 77.0 Å². The van der Waals surface area contributed by atoms with Crippen LogP contribution in [0.2, 0.25) is 0 Å². The van der Waals surface area contributed by atoms with E-state index in [4.69, 9.17) is 18.9 Å². The Morgan fingerprint density at radius 3 is 2.31 bits per heavy atom. The fourth-order valence-corrected chi connectivity index (χ4v) is 5.08. The van der Waals surface area contributed by atoms with Gasteiger partial charge in [-0.3, -0.25) is 9.36 Å². The second-order valence-corrected chi connectivity index (χ2v) is 9.43. The Labute approximate surface area is 212 Å². The van der Waals surface area contributed by atoms with Gasteiger partial charge in [-0.25, -0.2) is 9.79 Å². The fraction of sp³-hybridized carbons (Fsp3) is 0.296. The summed E-state index contributed by atoms with van der Waals surface area (Å²) < 4.78 is 23.6. The Morgan fingerprint density at radius 1 is 1.03 bits per heavy atom. The molecule has 0 bridgehead atoms. The van der Waals surface area contributed by atoms with Crippen LogP contribution < -0.4 is 29.1 Å². The van der Waals surface area contributed by atoms with Crippen molar-refractivity contribution in [3.63, 3.8) is 0 Å². The monoisotopic (exact) mass is 508 g/mol. The molecular formula is C27H28N2O6S. The first-order valence-electron chi connectivity index (χ1n) is 11.4. The molecule has 0 amide bonds. The average molecular weight is 509 g/mol. The van der Waals surface area contributed by atoms with Crippen molar-refractivity contribution in [1.29, 1.82) is 0 Å². The minimum atomic E-state index is -0.696. The van der Waals surface area contributed by atoms with Gasteiger partial charge in [0.25, 0.3) is 5.56 Å². The summed E-state index contributed by atoms with van der Waals surface area (Å²) in [5.41, 5.74) is 2.04. The van der Waals surface area contributed by atoms with E-state index in [9.17, 15) is 9.59 Å². The molecule has 188 valence electrons. The van der Waals surface area contributed by atoms with E-state index in [1.165, 1.54) is 11.3 Å². The molecule has 3 aromatic rings. The van der Waals surface area contributed by atoms with Crippen LogP contribution in [0.3, 0.4) is 0 Å². The molecule has 2 heterocycles. The maximum atomic E-state index is 13.8. The first-order valence-corrected chi connectivity index (χ1v) is 12.2. The Kier molecular flexibility index (Phi) is 7.30. The molecule has 8 nitrogen and oxygen atoms in total. The highest BCUT2D eigenvalue weighted by Gasteiger charge is 2.33. The fourth-order valence-electron chi connectivity index (χ4n) is 4.04. The summed E-state index contributed by atoms with van der Waals surface area (Å²) in [6.07, 6.45) is 1.44. The second kappa shape index (κ2) is 10.4. The van der Waals surface area contributed by atoms with Gasteiger partial charge in [0.2, 0.25) is 0 Å². The van der Waals surface area contributed by atoms with Gasteiger partial charge < -0.3 is 18.9 Å². The molecule has 0 spiro atoms. The molecule has 0 saturated heterocycles. The zero-order valence-electron chi connectivity index (χ0n) is 21.0. The molecule has 1 aromatic heterocycles. The van der Waals surface area contributed by atoms with Gasteiger partial charge in [0.15, 0.2) is 4.80 Å². The topological polar surface area (TPSA) is 88.4 Å². The SMILES string of the molecule is COc1ccc(C2C(C(=O)OC(C)C)=C(C)N=c3sc(=Cc4ccc(OC)cc4OC)c(=O)n32)cc1. The number of esters is 1. The highest BCUT2D eigenvalue weighted by atomic mass is 32.1. The summed E-state index contributed by atoms with van der Waals surface area (Å²) >= 11 is 1.25. The zero-order chi connectivity index (χ0) is 26.0. The van der Waals surface area contributed by atoms with Gasteiger partial charge in [-0.15, -0.1) is 0 Å². The van der Waals surface area contributed by atoms with Gasteiger partial charge >= 0.3 is 5.97 Å². The lowest BCUT2D eigenvalue weighted by Gasteiger charge is -2.25. The number of aromatic nitrogens is 1. The number of carbonyl (C=O) groups is 1. The Morgan fingerprint density at radius 2 is 1.69 bits per heavy atom. The summed E-state index contributed by atoms with van der Waals surface area (Å²) in [4.78, 5) is 32.1. The maximum absolute atomic E-state index is 13.8. The van der Waals surface area contributed by atoms with Crippen LogP contribution in [0, 0.1) is 0 Å². The summed E-state index contributed by atoms with van der Waals surface area (Å²) in [6.45, 7) is 5.33. The zero-order valence-corrected chi connectivity index (χ0v) is 21.8. The van der Waals surface area contributed by atoms with E-state index in [2.05, 4.69) is 4.99 Å². The van der Waals surface area contributed by atoms with Crippen LogP contribution in [0.25, 0.3) is 6.08 Å². The number of fused-ring (bicyclic) bond motifs is 1. The number of thiazole rings is 1. The van der Waals surface area contributed by atoms with Gasteiger partial charge in [-0.05, 0) is 56.7 Å². The number of nitrogens with zero attached hydrogens (tertiary/aromatic N) is 2. The molecule has 0 aliphatic carbocycles. The van der Waals surface area contributed by atoms with Crippen LogP contribution >= 0.6 is 11.3 Å². The third kappa shape index (κ3) is 4.79. The molecule has 1 aliphatic rings. The molecule has 36 heavy (non-hydrogen) atoms. The van der Waals surface area contributed by atoms with Crippen LogP contribution in [0.1, 0.15) is 37.9 Å². The van der Waals surface area contributed by atoms with E-state index in [-0.39, 0.29) is 11.7 Å². The number of rotatable bonds is 7. The first-order chi connectivity index (χ1) is 17.3. The number of allylic oxidation sites excluding steroid dienone is 1. The number of benzene rings is 2. The quantitative estimate of drug-likeness (QED) is 0.456. The smallest absolute Gasteiger partial charge is 0.338 e. The molecule has 9 heteroatoms. The maximum Gasteiger partial charge on any atom is 0.338 e. The highest BCUT2D eigenvalue weighted by Crippen LogP contribution is 2.32. The van der Waals surface area contributed by atoms with Crippen molar-refractivity contribution in [1.82, 2.24) is 4.57 Å². The normalized spacial score (nSPS) is 15.4. The summed E-state index contributed by atoms with van der Waals surface area (Å²) in [6, 6.07) is 12.0. The van der Waals surface area contributed by atoms with Crippen molar-refractivity contribution < 1.29 is 23.7 Å². The molecule has 1 aliphatic heterocycles. The molecule has 0 saturated carbocycles. The molecule has 0 fully saturated rings. The standard InChI is InChI=1S/C27H28N2O6S/c1-15(2)35-26(31)23-16(3)28-27-29(24(23)17-7-10-19(32-4)11-8-17)25(30)22(36-27)13-18-9-12-20(33-5)14-21(18)34-6/h7-15,24H,1-6H3. The summed E-state index contributed by atoms with van der Waals surface area (Å²) in [5, 5.41) is 0. The third-order valence-electron chi connectivity index (χ3n) is 5.74. The third-order valence-corrected chi connectivity index (χ3v) is 6.73. The van der Waals surface area contributed by atoms with Crippen molar-refractivity contribution in [3.05, 3.63) is 84.5 Å². The molecule has 0 radical (unpaired) electrons. The number of carbonyl (C=O) groups excluding carboxylic acids is 1. The van der Waals surface area contributed by atoms with Crippen LogP contribution in [-0.2, 0) is 9.53 Å². The number of methoxy groups -OCH3 is 3. The number of hydrogen-bond donors (Lipinski definition) is 0.